The fourth-order valence-electron chi connectivity index (χ4n) is 1.24. The lowest BCUT2D eigenvalue weighted by Gasteiger charge is -2.17. The van der Waals surface area contributed by atoms with Gasteiger partial charge in [-0.2, -0.15) is 0 Å². The number of hydrogen-bond acceptors (Lipinski definition) is 2. The van der Waals surface area contributed by atoms with Gasteiger partial charge in [-0.1, -0.05) is 30.3 Å². The van der Waals surface area contributed by atoms with Gasteiger partial charge in [0.2, 0.25) is 0 Å². The lowest BCUT2D eigenvalue weighted by atomic mass is 9.95. The van der Waals surface area contributed by atoms with Crippen LogP contribution in [-0.2, 0) is 0 Å². The number of benzene rings is 1. The minimum atomic E-state index is -0.502. The molecule has 0 amide bonds. The first-order chi connectivity index (χ1) is 5.75. The first-order valence-corrected chi connectivity index (χ1v) is 4.09. The molecule has 0 aliphatic carbocycles. The Bertz CT molecular complexity index is 219. The summed E-state index contributed by atoms with van der Waals surface area (Å²) in [5.41, 5.74) is 0.981. The van der Waals surface area contributed by atoms with Crippen molar-refractivity contribution in [2.24, 2.45) is 0 Å². The van der Waals surface area contributed by atoms with Gasteiger partial charge in [0.15, 0.2) is 0 Å². The molecular weight excluding hydrogens is 152 g/mol. The Morgan fingerprint density at radius 3 is 2.25 bits per heavy atom. The van der Waals surface area contributed by atoms with Crippen LogP contribution in [0.3, 0.4) is 0 Å². The largest absolute Gasteiger partial charge is 0.396 e. The van der Waals surface area contributed by atoms with Gasteiger partial charge in [-0.25, -0.2) is 0 Å². The predicted molar refractivity (Wildman–Crippen MR) is 47.9 cm³/mol. The van der Waals surface area contributed by atoms with Crippen molar-refractivity contribution in [3.63, 3.8) is 0 Å². The fraction of sp³-hybridized carbons (Fsp3) is 0.400. The molecule has 2 N–H and O–H groups in total. The van der Waals surface area contributed by atoms with Gasteiger partial charge in [-0.3, -0.25) is 0 Å². The zero-order valence-corrected chi connectivity index (χ0v) is 7.14. The molecule has 0 heterocycles. The summed E-state index contributed by atoms with van der Waals surface area (Å²) < 4.78 is 0. The highest BCUT2D eigenvalue weighted by Gasteiger charge is 2.14. The van der Waals surface area contributed by atoms with Gasteiger partial charge in [0.1, 0.15) is 0 Å². The highest BCUT2D eigenvalue weighted by Crippen LogP contribution is 2.18. The van der Waals surface area contributed by atoms with Gasteiger partial charge in [0.25, 0.3) is 0 Å². The van der Waals surface area contributed by atoms with Crippen molar-refractivity contribution in [2.75, 3.05) is 6.61 Å². The van der Waals surface area contributed by atoms with Crippen LogP contribution < -0.4 is 0 Å². The summed E-state index contributed by atoms with van der Waals surface area (Å²) in [6.07, 6.45) is -0.502. The third kappa shape index (κ3) is 2.06. The van der Waals surface area contributed by atoms with E-state index in [1.54, 1.807) is 6.92 Å². The highest BCUT2D eigenvalue weighted by atomic mass is 16.3. The molecule has 66 valence electrons. The number of hydrogen-bond donors (Lipinski definition) is 2. The number of aliphatic hydroxyl groups is 2. The van der Waals surface area contributed by atoms with Crippen molar-refractivity contribution in [1.29, 1.82) is 0 Å². The van der Waals surface area contributed by atoms with Crippen LogP contribution in [0.25, 0.3) is 0 Å². The molecule has 0 aliphatic rings. The maximum Gasteiger partial charge on any atom is 0.0602 e. The Morgan fingerprint density at radius 1 is 1.25 bits per heavy atom. The van der Waals surface area contributed by atoms with Crippen LogP contribution in [-0.4, -0.2) is 22.9 Å². The summed E-state index contributed by atoms with van der Waals surface area (Å²) >= 11 is 0. The second-order valence-corrected chi connectivity index (χ2v) is 2.94. The van der Waals surface area contributed by atoms with Crippen molar-refractivity contribution >= 4 is 0 Å². The van der Waals surface area contributed by atoms with Crippen LogP contribution in [0.2, 0.25) is 0 Å². The molecule has 2 atom stereocenters. The average Bonchev–Trinajstić information content (AvgIpc) is 2.07. The predicted octanol–water partition coefficient (Wildman–Crippen LogP) is 1.14. The Morgan fingerprint density at radius 2 is 1.83 bits per heavy atom. The van der Waals surface area contributed by atoms with Crippen molar-refractivity contribution in [3.8, 4) is 0 Å². The van der Waals surface area contributed by atoms with E-state index in [0.29, 0.717) is 0 Å². The first-order valence-electron chi connectivity index (χ1n) is 4.09. The van der Waals surface area contributed by atoms with Crippen LogP contribution in [0.5, 0.6) is 0 Å². The monoisotopic (exact) mass is 166 g/mol. The first kappa shape index (κ1) is 9.23. The standard InChI is InChI=1S/C10H14O2/c1-8(12)10(7-11)9-5-3-2-4-6-9/h2-6,8,10-12H,7H2,1H3/t8-,10-/m0/s1. The van der Waals surface area contributed by atoms with Gasteiger partial charge in [0, 0.05) is 5.92 Å². The molecule has 0 unspecified atom stereocenters. The van der Waals surface area contributed by atoms with E-state index in [2.05, 4.69) is 0 Å². The molecule has 0 spiro atoms. The molecule has 0 aromatic heterocycles. The number of aliphatic hydroxyl groups excluding tert-OH is 2. The van der Waals surface area contributed by atoms with Crippen LogP contribution in [0.1, 0.15) is 18.4 Å². The molecular formula is C10H14O2. The molecule has 1 rings (SSSR count). The average molecular weight is 166 g/mol. The molecule has 0 bridgehead atoms. The van der Waals surface area contributed by atoms with Crippen LogP contribution >= 0.6 is 0 Å². The molecule has 2 heteroatoms. The van der Waals surface area contributed by atoms with Crippen LogP contribution in [0.4, 0.5) is 0 Å². The molecule has 2 nitrogen and oxygen atoms in total. The lowest BCUT2D eigenvalue weighted by Crippen LogP contribution is -2.18. The summed E-state index contributed by atoms with van der Waals surface area (Å²) in [5, 5.41) is 18.3. The highest BCUT2D eigenvalue weighted by molar-refractivity contribution is 5.20. The van der Waals surface area contributed by atoms with E-state index in [1.165, 1.54) is 0 Å². The summed E-state index contributed by atoms with van der Waals surface area (Å²) in [7, 11) is 0. The van der Waals surface area contributed by atoms with Gasteiger partial charge < -0.3 is 10.2 Å². The Hall–Kier alpha value is -0.860. The quantitative estimate of drug-likeness (QED) is 0.707. The molecule has 0 saturated carbocycles. The molecule has 1 aromatic rings. The molecule has 0 saturated heterocycles. The molecule has 12 heavy (non-hydrogen) atoms. The Balaban J connectivity index is 2.80. The van der Waals surface area contributed by atoms with E-state index >= 15 is 0 Å². The molecule has 1 aromatic carbocycles. The summed E-state index contributed by atoms with van der Waals surface area (Å²) in [6.45, 7) is 1.68. The van der Waals surface area contributed by atoms with E-state index in [-0.39, 0.29) is 12.5 Å². The summed E-state index contributed by atoms with van der Waals surface area (Å²) in [6, 6.07) is 9.54. The second-order valence-electron chi connectivity index (χ2n) is 2.94. The maximum absolute atomic E-state index is 9.31. The fourth-order valence-corrected chi connectivity index (χ4v) is 1.24. The molecule has 0 fully saturated rings. The second kappa shape index (κ2) is 4.24. The normalized spacial score (nSPS) is 15.6. The molecule has 0 radical (unpaired) electrons. The van der Waals surface area contributed by atoms with E-state index in [1.807, 2.05) is 30.3 Å². The summed E-state index contributed by atoms with van der Waals surface area (Å²) in [5.74, 6) is -0.161. The minimum Gasteiger partial charge on any atom is -0.396 e. The van der Waals surface area contributed by atoms with E-state index in [4.69, 9.17) is 5.11 Å². The maximum atomic E-state index is 9.31. The lowest BCUT2D eigenvalue weighted by molar-refractivity contribution is 0.121. The van der Waals surface area contributed by atoms with Crippen LogP contribution in [0, 0.1) is 0 Å². The topological polar surface area (TPSA) is 40.5 Å². The SMILES string of the molecule is C[C@H](O)[C@H](CO)c1ccccc1. The van der Waals surface area contributed by atoms with Crippen molar-refractivity contribution in [3.05, 3.63) is 35.9 Å². The Labute approximate surface area is 72.5 Å². The van der Waals surface area contributed by atoms with Gasteiger partial charge in [-0.05, 0) is 12.5 Å². The van der Waals surface area contributed by atoms with E-state index in [9.17, 15) is 5.11 Å². The zero-order chi connectivity index (χ0) is 8.97. The van der Waals surface area contributed by atoms with Gasteiger partial charge in [-0.15, -0.1) is 0 Å². The van der Waals surface area contributed by atoms with E-state index in [0.717, 1.165) is 5.56 Å². The molecule has 0 aliphatic heterocycles. The minimum absolute atomic E-state index is 0.0122. The Kier molecular flexibility index (Phi) is 3.26. The number of rotatable bonds is 3. The van der Waals surface area contributed by atoms with Crippen molar-refractivity contribution < 1.29 is 10.2 Å². The van der Waals surface area contributed by atoms with Crippen molar-refractivity contribution in [2.45, 2.75) is 18.9 Å². The smallest absolute Gasteiger partial charge is 0.0602 e. The van der Waals surface area contributed by atoms with Gasteiger partial charge in [0.05, 0.1) is 12.7 Å². The zero-order valence-electron chi connectivity index (χ0n) is 7.14. The third-order valence-electron chi connectivity index (χ3n) is 2.01. The third-order valence-corrected chi connectivity index (χ3v) is 2.01. The van der Waals surface area contributed by atoms with Crippen LogP contribution in [0.15, 0.2) is 30.3 Å². The summed E-state index contributed by atoms with van der Waals surface area (Å²) in [4.78, 5) is 0. The van der Waals surface area contributed by atoms with Crippen molar-refractivity contribution in [1.82, 2.24) is 0 Å². The van der Waals surface area contributed by atoms with Gasteiger partial charge >= 0.3 is 0 Å². The van der Waals surface area contributed by atoms with E-state index < -0.39 is 6.10 Å².